The zero-order valence-electron chi connectivity index (χ0n) is 55.0. The first-order valence-corrected chi connectivity index (χ1v) is 36.0. The third-order valence-electron chi connectivity index (χ3n) is 14.5. The first-order chi connectivity index (χ1) is 51.3. The first-order valence-electron chi connectivity index (χ1n) is 31.7. The number of rotatable bonds is 16. The van der Waals surface area contributed by atoms with Gasteiger partial charge in [-0.25, -0.2) is 18.7 Å². The van der Waals surface area contributed by atoms with Crippen LogP contribution >= 0.6 is 68.5 Å². The smallest absolute Gasteiger partial charge is 0.324 e. The van der Waals surface area contributed by atoms with Crippen LogP contribution in [0.2, 0.25) is 10.0 Å². The molecule has 0 aliphatic carbocycles. The molecule has 0 saturated carbocycles. The number of hydrogen-bond acceptors (Lipinski definition) is 17. The third-order valence-corrected chi connectivity index (χ3v) is 18.5. The molecule has 0 saturated heterocycles. The molecule has 518 valence electrons. The summed E-state index contributed by atoms with van der Waals surface area (Å²) in [6.07, 6.45) is 28.4. The van der Waals surface area contributed by atoms with Crippen molar-refractivity contribution in [3.05, 3.63) is 386 Å². The van der Waals surface area contributed by atoms with E-state index < -0.39 is 10.8 Å². The molecule has 0 fully saturated rings. The van der Waals surface area contributed by atoms with Crippen LogP contribution < -0.4 is 0 Å². The Morgan fingerprint density at radius 1 is 0.410 bits per heavy atom. The topological polar surface area (TPSA) is 231 Å². The van der Waals surface area contributed by atoms with Crippen LogP contribution in [0.15, 0.2) is 287 Å². The highest BCUT2D eigenvalue weighted by Crippen LogP contribution is 2.27. The molecule has 19 nitrogen and oxygen atoms in total. The van der Waals surface area contributed by atoms with Crippen LogP contribution in [-0.4, -0.2) is 83.4 Å². The second-order valence-electron chi connectivity index (χ2n) is 21.8. The number of hydrogen-bond donors (Lipinski definition) is 0. The Kier molecular flexibility index (Phi) is 26.1. The lowest BCUT2D eigenvalue weighted by atomic mass is 10.2. The maximum Gasteiger partial charge on any atom is 0.324 e. The first kappa shape index (κ1) is 73.5. The molecule has 10 heterocycles. The maximum absolute atomic E-state index is 12.4. The Hall–Kier alpha value is -12.7. The number of benzene rings is 5. The van der Waals surface area contributed by atoms with Crippen LogP contribution in [0.5, 0.6) is 0 Å². The zero-order chi connectivity index (χ0) is 73.1. The molecule has 0 bridgehead atoms. The number of nitrogens with zero attached hydrogens (tertiary/aromatic N) is 11. The fourth-order valence-corrected chi connectivity index (χ4v) is 12.5. The second kappa shape index (κ2) is 37.3. The molecule has 0 amide bonds. The summed E-state index contributed by atoms with van der Waals surface area (Å²) in [6.45, 7) is 0. The molecule has 25 heteroatoms. The Morgan fingerprint density at radius 3 is 1.27 bits per heavy atom. The minimum absolute atomic E-state index is 0.0651. The quantitative estimate of drug-likeness (QED) is 0.0648. The van der Waals surface area contributed by atoms with Gasteiger partial charge in [-0.15, -0.1) is 22.7 Å². The second-order valence-corrected chi connectivity index (χ2v) is 26.1. The summed E-state index contributed by atoms with van der Waals surface area (Å²) in [6, 6.07) is 67.4. The fourth-order valence-electron chi connectivity index (χ4n) is 9.31. The lowest BCUT2D eigenvalue weighted by Gasteiger charge is -2.03. The molecule has 0 aliphatic heterocycles. The zero-order valence-corrected chi connectivity index (χ0v) is 59.8. The van der Waals surface area contributed by atoms with Crippen LogP contribution in [0.4, 0.5) is 5.00 Å². The van der Waals surface area contributed by atoms with Gasteiger partial charge in [-0.3, -0.25) is 34.1 Å². The van der Waals surface area contributed by atoms with E-state index in [1.165, 1.54) is 81.3 Å². The fraction of sp³-hybridized carbons (Fsp3) is 0. The summed E-state index contributed by atoms with van der Waals surface area (Å²) in [5.74, 6) is -0.773. The van der Waals surface area contributed by atoms with Gasteiger partial charge in [-0.2, -0.15) is 41.5 Å². The van der Waals surface area contributed by atoms with Crippen LogP contribution in [0.3, 0.4) is 0 Å². The van der Waals surface area contributed by atoms with Crippen molar-refractivity contribution in [3.8, 4) is 0 Å². The van der Waals surface area contributed by atoms with Gasteiger partial charge < -0.3 is 4.42 Å². The molecule has 105 heavy (non-hydrogen) atoms. The predicted octanol–water partition coefficient (Wildman–Crippen LogP) is 19.8. The van der Waals surface area contributed by atoms with Crippen molar-refractivity contribution in [1.29, 1.82) is 0 Å². The van der Waals surface area contributed by atoms with Gasteiger partial charge in [0.1, 0.15) is 0 Å². The van der Waals surface area contributed by atoms with Gasteiger partial charge in [-0.05, 0) is 148 Å². The van der Waals surface area contributed by atoms with Gasteiger partial charge in [0.05, 0.1) is 66.7 Å². The van der Waals surface area contributed by atoms with Crippen molar-refractivity contribution in [2.75, 3.05) is 0 Å². The van der Waals surface area contributed by atoms with Gasteiger partial charge in [0.25, 0.3) is 23.6 Å². The van der Waals surface area contributed by atoms with Crippen LogP contribution in [-0.2, 0) is 0 Å². The molecule has 0 spiro atoms. The highest BCUT2D eigenvalue weighted by atomic mass is 35.5. The van der Waals surface area contributed by atoms with Crippen molar-refractivity contribution in [1.82, 2.24) is 48.9 Å². The minimum Gasteiger partial charge on any atom is -0.459 e. The molecule has 15 aromatic rings. The van der Waals surface area contributed by atoms with Gasteiger partial charge in [0.15, 0.2) is 5.76 Å². The van der Waals surface area contributed by atoms with Gasteiger partial charge in [-0.1, -0.05) is 198 Å². The summed E-state index contributed by atoms with van der Waals surface area (Å²) in [7, 11) is 0. The number of thiophene rings is 4. The third kappa shape index (κ3) is 21.2. The summed E-state index contributed by atoms with van der Waals surface area (Å²) in [5, 5.41) is 41.6. The Balaban J connectivity index is 0.000000131. The normalized spacial score (nSPS) is 11.0. The maximum atomic E-state index is 12.4. The Morgan fingerprint density at radius 2 is 0.857 bits per heavy atom. The van der Waals surface area contributed by atoms with E-state index in [0.29, 0.717) is 48.0 Å². The van der Waals surface area contributed by atoms with Crippen molar-refractivity contribution < 1.29 is 33.3 Å². The van der Waals surface area contributed by atoms with E-state index in [1.54, 1.807) is 110 Å². The molecule has 0 N–H and O–H groups in total. The summed E-state index contributed by atoms with van der Waals surface area (Å²) < 4.78 is 11.6. The molecule has 0 atom stereocenters. The van der Waals surface area contributed by atoms with E-state index >= 15 is 0 Å². The molecule has 5 aromatic carbocycles. The highest BCUT2D eigenvalue weighted by molar-refractivity contribution is 7.13. The summed E-state index contributed by atoms with van der Waals surface area (Å²) >= 11 is 17.5. The minimum atomic E-state index is -0.515. The molecular formula is C80H57Cl2N11O8S4. The van der Waals surface area contributed by atoms with Crippen LogP contribution in [0.25, 0.3) is 60.8 Å². The number of furan rings is 1. The number of carbonyl (C=O) groups is 5. The summed E-state index contributed by atoms with van der Waals surface area (Å²) in [5.41, 5.74) is 9.48. The van der Waals surface area contributed by atoms with Crippen LogP contribution in [0.1, 0.15) is 107 Å². The van der Waals surface area contributed by atoms with E-state index in [4.69, 9.17) is 27.6 Å². The molecular weight excluding hydrogens is 1440 g/mol. The Labute approximate surface area is 627 Å². The van der Waals surface area contributed by atoms with E-state index in [1.807, 2.05) is 210 Å². The van der Waals surface area contributed by atoms with Crippen LogP contribution in [0, 0.1) is 10.1 Å². The Bertz CT molecular complexity index is 5150. The molecule has 0 unspecified atom stereocenters. The molecule has 10 aromatic heterocycles. The standard InChI is InChI=1S/C16H10Cl2N2OS.C16H11N3O3S.C16H12N2O2.2C16H12N2OS/c17-13-3-1-4-14(18)12(13)7-6-11-8-9-19-20(11)16(21)15-5-2-10-22-15;20-16(13-10-15(19(21)22)23-11-13)18-9-8-14(17-18)7-6-12-4-2-1-3-5-12;2*19-16(15-7-4-12-20-15)18-11-10-14(17-18)9-8-13-5-2-1-3-6-13;19-16(14-9-11-20-12-14)18-10-8-15(17-18)7-6-13-4-2-1-3-5-13/h1-10H;1-11H;3*1-12H/b2*7-6+;2*9-8+;7-6+. The van der Waals surface area contributed by atoms with Gasteiger partial charge >= 0.3 is 10.9 Å². The molecule has 0 radical (unpaired) electrons. The molecule has 15 rings (SSSR count). The van der Waals surface area contributed by atoms with Crippen molar-refractivity contribution in [3.63, 3.8) is 0 Å². The van der Waals surface area contributed by atoms with Gasteiger partial charge in [0.2, 0.25) is 0 Å². The lowest BCUT2D eigenvalue weighted by molar-refractivity contribution is -0.380. The number of nitro groups is 1. The van der Waals surface area contributed by atoms with E-state index in [9.17, 15) is 34.1 Å². The summed E-state index contributed by atoms with van der Waals surface area (Å²) in [4.78, 5) is 72.2. The highest BCUT2D eigenvalue weighted by Gasteiger charge is 2.19. The van der Waals surface area contributed by atoms with Crippen molar-refractivity contribution >= 4 is 164 Å². The monoisotopic (exact) mass is 1500 g/mol. The number of halogens is 2. The predicted molar refractivity (Wildman–Crippen MR) is 419 cm³/mol. The average Bonchev–Trinajstić information content (AvgIpc) is 1.73. The van der Waals surface area contributed by atoms with E-state index in [-0.39, 0.29) is 40.0 Å². The van der Waals surface area contributed by atoms with E-state index in [2.05, 4.69) is 25.5 Å². The van der Waals surface area contributed by atoms with Crippen molar-refractivity contribution in [2.45, 2.75) is 0 Å². The van der Waals surface area contributed by atoms with Crippen molar-refractivity contribution in [2.24, 2.45) is 0 Å². The largest absolute Gasteiger partial charge is 0.459 e. The van der Waals surface area contributed by atoms with Gasteiger partial charge in [0, 0.05) is 57.2 Å². The van der Waals surface area contributed by atoms with E-state index in [0.717, 1.165) is 45.0 Å². The number of aromatic nitrogens is 10. The SMILES string of the molecule is O=C(c1ccco1)n1ccc(/C=C/c2ccccc2)n1.O=C(c1cccs1)n1ccc(/C=C/c2ccccc2)n1.O=C(c1cccs1)n1nccc1/C=C/c1c(Cl)cccc1Cl.O=C(c1ccsc1)n1ccc(/C=C/c2ccccc2)n1.O=C(c1csc([N+](=O)[O-])c1)n1ccc(/C=C/c2ccccc2)n1. The molecule has 0 aliphatic rings. The number of carbonyl (C=O) groups excluding carboxylic acids is 5. The average molecular weight is 1500 g/mol. The lowest BCUT2D eigenvalue weighted by Crippen LogP contribution is -2.13.